The molecule has 2 rings (SSSR count). The number of amides is 1. The summed E-state index contributed by atoms with van der Waals surface area (Å²) in [6, 6.07) is 4.36. The maximum absolute atomic E-state index is 12.0. The second-order valence-electron chi connectivity index (χ2n) is 6.05. The number of piperidine rings is 1. The van der Waals surface area contributed by atoms with Gasteiger partial charge in [0.15, 0.2) is 0 Å². The van der Waals surface area contributed by atoms with Crippen LogP contribution >= 0.6 is 12.4 Å². The van der Waals surface area contributed by atoms with Crippen molar-refractivity contribution in [1.29, 1.82) is 0 Å². The van der Waals surface area contributed by atoms with Crippen molar-refractivity contribution in [3.8, 4) is 0 Å². The normalized spacial score (nSPS) is 15.4. The zero-order chi connectivity index (χ0) is 14.5. The van der Waals surface area contributed by atoms with Crippen molar-refractivity contribution < 1.29 is 4.79 Å². The van der Waals surface area contributed by atoms with Gasteiger partial charge >= 0.3 is 0 Å². The van der Waals surface area contributed by atoms with Crippen LogP contribution in [0.15, 0.2) is 12.1 Å². The molecule has 1 aliphatic heterocycles. The number of carbonyl (C=O) groups is 1. The van der Waals surface area contributed by atoms with Gasteiger partial charge in [-0.05, 0) is 69.3 Å². The Morgan fingerprint density at radius 3 is 2.33 bits per heavy atom. The average Bonchev–Trinajstić information content (AvgIpc) is 2.38. The third-order valence-corrected chi connectivity index (χ3v) is 4.24. The van der Waals surface area contributed by atoms with Crippen molar-refractivity contribution >= 4 is 18.3 Å². The van der Waals surface area contributed by atoms with Gasteiger partial charge in [0, 0.05) is 13.0 Å². The van der Waals surface area contributed by atoms with E-state index in [0.29, 0.717) is 18.9 Å². The molecule has 0 atom stereocenters. The third-order valence-electron chi connectivity index (χ3n) is 4.24. The maximum atomic E-state index is 12.0. The van der Waals surface area contributed by atoms with Crippen LogP contribution in [0.5, 0.6) is 0 Å². The van der Waals surface area contributed by atoms with E-state index < -0.39 is 0 Å². The Kier molecular flexibility index (Phi) is 7.20. The van der Waals surface area contributed by atoms with Crippen LogP contribution in [0.1, 0.15) is 41.5 Å². The van der Waals surface area contributed by atoms with Gasteiger partial charge in [0.2, 0.25) is 5.91 Å². The molecule has 0 unspecified atom stereocenters. The molecule has 21 heavy (non-hydrogen) atoms. The molecule has 2 N–H and O–H groups in total. The van der Waals surface area contributed by atoms with E-state index in [1.165, 1.54) is 22.3 Å². The van der Waals surface area contributed by atoms with Crippen LogP contribution in [-0.4, -0.2) is 19.0 Å². The summed E-state index contributed by atoms with van der Waals surface area (Å²) >= 11 is 0. The Hall–Kier alpha value is -1.06. The molecule has 1 fully saturated rings. The monoisotopic (exact) mass is 310 g/mol. The van der Waals surface area contributed by atoms with Gasteiger partial charge in [0.1, 0.15) is 0 Å². The SMILES string of the molecule is Cc1cc(C)c(CNC(=O)CC2CCNCC2)c(C)c1.Cl. The molecule has 0 saturated carbocycles. The van der Waals surface area contributed by atoms with E-state index >= 15 is 0 Å². The molecule has 0 radical (unpaired) electrons. The molecule has 3 nitrogen and oxygen atoms in total. The Morgan fingerprint density at radius 1 is 1.19 bits per heavy atom. The fourth-order valence-electron chi connectivity index (χ4n) is 3.10. The topological polar surface area (TPSA) is 41.1 Å². The minimum absolute atomic E-state index is 0. The Balaban J connectivity index is 0.00000220. The van der Waals surface area contributed by atoms with Crippen LogP contribution in [0.4, 0.5) is 0 Å². The van der Waals surface area contributed by atoms with Crippen molar-refractivity contribution in [2.45, 2.75) is 46.6 Å². The van der Waals surface area contributed by atoms with Gasteiger partial charge in [0.05, 0.1) is 0 Å². The lowest BCUT2D eigenvalue weighted by Crippen LogP contribution is -2.32. The Morgan fingerprint density at radius 2 is 1.76 bits per heavy atom. The number of benzene rings is 1. The van der Waals surface area contributed by atoms with Gasteiger partial charge in [-0.15, -0.1) is 12.4 Å². The van der Waals surface area contributed by atoms with E-state index in [0.717, 1.165) is 25.9 Å². The standard InChI is InChI=1S/C17H26N2O.ClH/c1-12-8-13(2)16(14(3)9-12)11-19-17(20)10-15-4-6-18-7-5-15;/h8-9,15,18H,4-7,10-11H2,1-3H3,(H,19,20);1H. The van der Waals surface area contributed by atoms with Crippen molar-refractivity contribution in [1.82, 2.24) is 10.6 Å². The molecule has 1 aromatic rings. The van der Waals surface area contributed by atoms with Crippen LogP contribution < -0.4 is 10.6 Å². The van der Waals surface area contributed by atoms with Crippen LogP contribution in [-0.2, 0) is 11.3 Å². The maximum Gasteiger partial charge on any atom is 0.220 e. The minimum atomic E-state index is 0. The van der Waals surface area contributed by atoms with Crippen molar-refractivity contribution in [3.05, 3.63) is 34.4 Å². The number of carbonyl (C=O) groups excluding carboxylic acids is 1. The van der Waals surface area contributed by atoms with Gasteiger partial charge in [-0.1, -0.05) is 17.7 Å². The second-order valence-corrected chi connectivity index (χ2v) is 6.05. The first-order valence-corrected chi connectivity index (χ1v) is 7.60. The molecular formula is C17H27ClN2O. The first-order chi connectivity index (χ1) is 9.56. The summed E-state index contributed by atoms with van der Waals surface area (Å²) in [4.78, 5) is 12.0. The quantitative estimate of drug-likeness (QED) is 0.897. The lowest BCUT2D eigenvalue weighted by atomic mass is 9.94. The largest absolute Gasteiger partial charge is 0.352 e. The van der Waals surface area contributed by atoms with Gasteiger partial charge in [-0.25, -0.2) is 0 Å². The first kappa shape index (κ1) is 18.0. The zero-order valence-corrected chi connectivity index (χ0v) is 14.1. The van der Waals surface area contributed by atoms with Crippen molar-refractivity contribution in [3.63, 3.8) is 0 Å². The lowest BCUT2D eigenvalue weighted by molar-refractivity contribution is -0.122. The third kappa shape index (κ3) is 5.33. The van der Waals surface area contributed by atoms with E-state index in [-0.39, 0.29) is 18.3 Å². The molecule has 0 aromatic heterocycles. The smallest absolute Gasteiger partial charge is 0.220 e. The highest BCUT2D eigenvalue weighted by Crippen LogP contribution is 2.18. The summed E-state index contributed by atoms with van der Waals surface area (Å²) in [7, 11) is 0. The molecule has 1 aliphatic rings. The zero-order valence-electron chi connectivity index (χ0n) is 13.3. The first-order valence-electron chi connectivity index (χ1n) is 7.60. The van der Waals surface area contributed by atoms with E-state index in [9.17, 15) is 4.79 Å². The molecule has 0 aliphatic carbocycles. The average molecular weight is 311 g/mol. The van der Waals surface area contributed by atoms with Crippen LogP contribution in [0.2, 0.25) is 0 Å². The number of hydrogen-bond donors (Lipinski definition) is 2. The molecular weight excluding hydrogens is 284 g/mol. The second kappa shape index (κ2) is 8.40. The van der Waals surface area contributed by atoms with E-state index in [1.54, 1.807) is 0 Å². The van der Waals surface area contributed by atoms with E-state index in [1.807, 2.05) is 0 Å². The highest BCUT2D eigenvalue weighted by Gasteiger charge is 2.16. The van der Waals surface area contributed by atoms with Gasteiger partial charge in [-0.2, -0.15) is 0 Å². The van der Waals surface area contributed by atoms with Crippen LogP contribution in [0, 0.1) is 26.7 Å². The summed E-state index contributed by atoms with van der Waals surface area (Å²) in [5.41, 5.74) is 5.08. The fourth-order valence-corrected chi connectivity index (χ4v) is 3.10. The summed E-state index contributed by atoms with van der Waals surface area (Å²) < 4.78 is 0. The molecule has 1 aromatic carbocycles. The Bertz CT molecular complexity index is 459. The molecule has 0 bridgehead atoms. The van der Waals surface area contributed by atoms with Crippen LogP contribution in [0.3, 0.4) is 0 Å². The molecule has 4 heteroatoms. The fraction of sp³-hybridized carbons (Fsp3) is 0.588. The highest BCUT2D eigenvalue weighted by atomic mass is 35.5. The number of rotatable bonds is 4. The molecule has 1 saturated heterocycles. The molecule has 1 amide bonds. The Labute approximate surface area is 134 Å². The number of nitrogens with one attached hydrogen (secondary N) is 2. The van der Waals surface area contributed by atoms with Crippen molar-refractivity contribution in [2.24, 2.45) is 5.92 Å². The van der Waals surface area contributed by atoms with E-state index in [4.69, 9.17) is 0 Å². The van der Waals surface area contributed by atoms with Crippen LogP contribution in [0.25, 0.3) is 0 Å². The van der Waals surface area contributed by atoms with Gasteiger partial charge < -0.3 is 10.6 Å². The summed E-state index contributed by atoms with van der Waals surface area (Å²) in [5.74, 6) is 0.743. The summed E-state index contributed by atoms with van der Waals surface area (Å²) in [6.07, 6.45) is 2.91. The van der Waals surface area contributed by atoms with Gasteiger partial charge in [0.25, 0.3) is 0 Å². The van der Waals surface area contributed by atoms with E-state index in [2.05, 4.69) is 43.5 Å². The number of hydrogen-bond acceptors (Lipinski definition) is 2. The summed E-state index contributed by atoms with van der Waals surface area (Å²) in [5, 5.41) is 6.42. The molecule has 1 heterocycles. The molecule has 118 valence electrons. The number of aryl methyl sites for hydroxylation is 3. The van der Waals surface area contributed by atoms with Crippen molar-refractivity contribution in [2.75, 3.05) is 13.1 Å². The summed E-state index contributed by atoms with van der Waals surface area (Å²) in [6.45, 7) is 9.10. The molecule has 0 spiro atoms. The predicted octanol–water partition coefficient (Wildman–Crippen LogP) is 3.04. The van der Waals surface area contributed by atoms with Gasteiger partial charge in [-0.3, -0.25) is 4.79 Å². The lowest BCUT2D eigenvalue weighted by Gasteiger charge is -2.22. The predicted molar refractivity (Wildman–Crippen MR) is 90.0 cm³/mol. The number of halogens is 1. The minimum Gasteiger partial charge on any atom is -0.352 e. The highest BCUT2D eigenvalue weighted by molar-refractivity contribution is 5.85.